The summed E-state index contributed by atoms with van der Waals surface area (Å²) in [5.41, 5.74) is 4.47. The number of anilines is 2. The molecule has 7 nitrogen and oxygen atoms in total. The Morgan fingerprint density at radius 2 is 2.00 bits per heavy atom. The molecule has 7 heteroatoms. The van der Waals surface area contributed by atoms with Crippen molar-refractivity contribution in [1.29, 1.82) is 0 Å². The third kappa shape index (κ3) is 4.23. The van der Waals surface area contributed by atoms with Crippen LogP contribution in [0.3, 0.4) is 0 Å². The lowest BCUT2D eigenvalue weighted by atomic mass is 10.0. The van der Waals surface area contributed by atoms with E-state index in [1.165, 1.54) is 11.9 Å². The van der Waals surface area contributed by atoms with Gasteiger partial charge in [0, 0.05) is 35.9 Å². The van der Waals surface area contributed by atoms with Crippen LogP contribution >= 0.6 is 0 Å². The maximum absolute atomic E-state index is 13.1. The standard InChI is InChI=1S/C27H24N6O/c1-3-19(2)21-7-4-8-22(14-21)31-26-24-15-23(9-10-25(24)29-18-30-26)33-13-12-32(27(33)34)17-20-6-5-11-28-16-20/h3-16,18-19H,1,17H2,2H3,(H,29,30,31). The van der Waals surface area contributed by atoms with Gasteiger partial charge in [0.25, 0.3) is 0 Å². The van der Waals surface area contributed by atoms with Gasteiger partial charge in [-0.2, -0.15) is 0 Å². The van der Waals surface area contributed by atoms with Crippen LogP contribution < -0.4 is 11.0 Å². The number of allylic oxidation sites excluding steroid dienone is 1. The zero-order chi connectivity index (χ0) is 23.5. The van der Waals surface area contributed by atoms with Crippen molar-refractivity contribution >= 4 is 22.4 Å². The van der Waals surface area contributed by atoms with Gasteiger partial charge in [0.1, 0.15) is 12.1 Å². The Hall–Kier alpha value is -4.52. The van der Waals surface area contributed by atoms with Crippen LogP contribution in [0.5, 0.6) is 0 Å². The maximum Gasteiger partial charge on any atom is 0.333 e. The first-order chi connectivity index (χ1) is 16.6. The van der Waals surface area contributed by atoms with Gasteiger partial charge in [0.15, 0.2) is 0 Å². The summed E-state index contributed by atoms with van der Waals surface area (Å²) in [4.78, 5) is 26.1. The van der Waals surface area contributed by atoms with Crippen molar-refractivity contribution in [1.82, 2.24) is 24.1 Å². The zero-order valence-corrected chi connectivity index (χ0v) is 18.8. The summed E-state index contributed by atoms with van der Waals surface area (Å²) in [7, 11) is 0. The van der Waals surface area contributed by atoms with Gasteiger partial charge in [-0.25, -0.2) is 14.8 Å². The average molecular weight is 449 g/mol. The fourth-order valence-electron chi connectivity index (χ4n) is 3.88. The number of hydrogen-bond acceptors (Lipinski definition) is 5. The number of nitrogens with zero attached hydrogens (tertiary/aromatic N) is 5. The number of imidazole rings is 1. The van der Waals surface area contributed by atoms with E-state index in [-0.39, 0.29) is 11.6 Å². The molecule has 0 spiro atoms. The number of benzene rings is 2. The fourth-order valence-corrected chi connectivity index (χ4v) is 3.88. The molecule has 3 aromatic heterocycles. The van der Waals surface area contributed by atoms with Gasteiger partial charge >= 0.3 is 5.69 Å². The second-order valence-corrected chi connectivity index (χ2v) is 8.14. The Morgan fingerprint density at radius 3 is 2.82 bits per heavy atom. The SMILES string of the molecule is C=CC(C)c1cccc(Nc2ncnc3ccc(-n4ccn(Cc5cccnc5)c4=O)cc23)c1. The van der Waals surface area contributed by atoms with Gasteiger partial charge in [0.2, 0.25) is 0 Å². The van der Waals surface area contributed by atoms with Gasteiger partial charge in [-0.15, -0.1) is 6.58 Å². The van der Waals surface area contributed by atoms with E-state index in [1.54, 1.807) is 33.9 Å². The van der Waals surface area contributed by atoms with E-state index < -0.39 is 0 Å². The van der Waals surface area contributed by atoms with Crippen molar-refractivity contribution in [3.63, 3.8) is 0 Å². The molecule has 168 valence electrons. The Bertz CT molecular complexity index is 1520. The summed E-state index contributed by atoms with van der Waals surface area (Å²) in [5.74, 6) is 0.927. The predicted octanol–water partition coefficient (Wildman–Crippen LogP) is 5.06. The molecule has 0 bridgehead atoms. The molecule has 1 unspecified atom stereocenters. The van der Waals surface area contributed by atoms with Crippen LogP contribution in [0.4, 0.5) is 11.5 Å². The van der Waals surface area contributed by atoms with E-state index in [0.717, 1.165) is 27.8 Å². The van der Waals surface area contributed by atoms with E-state index in [1.807, 2.05) is 48.5 Å². The first-order valence-corrected chi connectivity index (χ1v) is 11.0. The average Bonchev–Trinajstić information content (AvgIpc) is 3.24. The van der Waals surface area contributed by atoms with Crippen molar-refractivity contribution < 1.29 is 0 Å². The highest BCUT2D eigenvalue weighted by Crippen LogP contribution is 2.27. The van der Waals surface area contributed by atoms with Crippen LogP contribution in [0.2, 0.25) is 0 Å². The number of hydrogen-bond donors (Lipinski definition) is 1. The van der Waals surface area contributed by atoms with Crippen LogP contribution in [0, 0.1) is 0 Å². The molecule has 3 heterocycles. The molecular formula is C27H24N6O. The number of rotatable bonds is 7. The van der Waals surface area contributed by atoms with E-state index in [0.29, 0.717) is 12.4 Å². The molecule has 5 rings (SSSR count). The minimum absolute atomic E-state index is 0.124. The molecule has 1 atom stereocenters. The Morgan fingerprint density at radius 1 is 1.09 bits per heavy atom. The molecule has 0 radical (unpaired) electrons. The molecule has 5 aromatic rings. The molecule has 0 aliphatic carbocycles. The van der Waals surface area contributed by atoms with Crippen molar-refractivity contribution in [3.05, 3.63) is 120 Å². The molecule has 34 heavy (non-hydrogen) atoms. The van der Waals surface area contributed by atoms with Crippen LogP contribution in [-0.4, -0.2) is 24.1 Å². The summed E-state index contributed by atoms with van der Waals surface area (Å²) in [6, 6.07) is 17.7. The molecule has 0 saturated heterocycles. The van der Waals surface area contributed by atoms with Crippen LogP contribution in [0.25, 0.3) is 16.6 Å². The molecule has 1 N–H and O–H groups in total. The lowest BCUT2D eigenvalue weighted by Gasteiger charge is -2.12. The molecule has 0 aliphatic rings. The van der Waals surface area contributed by atoms with E-state index in [9.17, 15) is 4.79 Å². The van der Waals surface area contributed by atoms with Gasteiger partial charge in [-0.3, -0.25) is 14.1 Å². The van der Waals surface area contributed by atoms with Crippen LogP contribution in [0.1, 0.15) is 24.0 Å². The van der Waals surface area contributed by atoms with E-state index in [2.05, 4.69) is 45.9 Å². The fraction of sp³-hybridized carbons (Fsp3) is 0.111. The van der Waals surface area contributed by atoms with E-state index >= 15 is 0 Å². The van der Waals surface area contributed by atoms with Gasteiger partial charge < -0.3 is 5.32 Å². The number of aromatic nitrogens is 5. The highest BCUT2D eigenvalue weighted by Gasteiger charge is 2.11. The van der Waals surface area contributed by atoms with Crippen molar-refractivity contribution in [3.8, 4) is 5.69 Å². The molecule has 0 saturated carbocycles. The van der Waals surface area contributed by atoms with Gasteiger partial charge in [-0.1, -0.05) is 31.2 Å². The summed E-state index contributed by atoms with van der Waals surface area (Å²) < 4.78 is 3.28. The first-order valence-electron chi connectivity index (χ1n) is 11.0. The second-order valence-electron chi connectivity index (χ2n) is 8.14. The van der Waals surface area contributed by atoms with Crippen molar-refractivity contribution in [2.75, 3.05) is 5.32 Å². The minimum atomic E-state index is -0.124. The van der Waals surface area contributed by atoms with Gasteiger partial charge in [0.05, 0.1) is 17.7 Å². The number of fused-ring (bicyclic) bond motifs is 1. The Balaban J connectivity index is 1.49. The van der Waals surface area contributed by atoms with Crippen molar-refractivity contribution in [2.45, 2.75) is 19.4 Å². The second kappa shape index (κ2) is 9.15. The van der Waals surface area contributed by atoms with Gasteiger partial charge in [-0.05, 0) is 53.4 Å². The summed E-state index contributed by atoms with van der Waals surface area (Å²) in [6.07, 6.45) is 10.5. The lowest BCUT2D eigenvalue weighted by molar-refractivity contribution is 0.740. The third-order valence-electron chi connectivity index (χ3n) is 5.85. The monoisotopic (exact) mass is 448 g/mol. The van der Waals surface area contributed by atoms with Crippen LogP contribution in [-0.2, 0) is 6.54 Å². The molecule has 0 fully saturated rings. The largest absolute Gasteiger partial charge is 0.340 e. The van der Waals surface area contributed by atoms with E-state index in [4.69, 9.17) is 0 Å². The molecule has 0 aliphatic heterocycles. The number of pyridine rings is 1. The van der Waals surface area contributed by atoms with Crippen molar-refractivity contribution in [2.24, 2.45) is 0 Å². The molecular weight excluding hydrogens is 424 g/mol. The topological polar surface area (TPSA) is 77.6 Å². The summed E-state index contributed by atoms with van der Waals surface area (Å²) in [5, 5.41) is 4.24. The minimum Gasteiger partial charge on any atom is -0.340 e. The Kier molecular flexibility index (Phi) is 5.74. The first kappa shape index (κ1) is 21.3. The number of nitrogens with one attached hydrogen (secondary N) is 1. The predicted molar refractivity (Wildman–Crippen MR) is 135 cm³/mol. The maximum atomic E-state index is 13.1. The Labute approximate surface area is 197 Å². The quantitative estimate of drug-likeness (QED) is 0.352. The highest BCUT2D eigenvalue weighted by molar-refractivity contribution is 5.92. The molecule has 0 amide bonds. The van der Waals surface area contributed by atoms with Crippen LogP contribution in [0.15, 0.2) is 103 Å². The zero-order valence-electron chi connectivity index (χ0n) is 18.8. The normalized spacial score (nSPS) is 11.9. The third-order valence-corrected chi connectivity index (χ3v) is 5.85. The lowest BCUT2D eigenvalue weighted by Crippen LogP contribution is -2.23. The smallest absolute Gasteiger partial charge is 0.333 e. The highest BCUT2D eigenvalue weighted by atomic mass is 16.1. The summed E-state index contributed by atoms with van der Waals surface area (Å²) in [6.45, 7) is 6.46. The summed E-state index contributed by atoms with van der Waals surface area (Å²) >= 11 is 0. The molecule has 2 aromatic carbocycles.